The first kappa shape index (κ1) is 18.2. The van der Waals surface area contributed by atoms with Crippen LogP contribution in [0.4, 0.5) is 0 Å². The summed E-state index contributed by atoms with van der Waals surface area (Å²) in [6, 6.07) is 0. The fraction of sp³-hybridized carbons (Fsp3) is 0.778. The number of hydrogen-bond acceptors (Lipinski definition) is 3. The number of nitrogens with one attached hydrogen (secondary N) is 2. The molecule has 122 valence electrons. The number of aliphatic hydroxyl groups is 1. The second-order valence-electron chi connectivity index (χ2n) is 6.11. The van der Waals surface area contributed by atoms with Crippen molar-refractivity contribution in [2.45, 2.75) is 77.3 Å². The third kappa shape index (κ3) is 7.68. The number of hydrogen-bond donors (Lipinski definition) is 3. The highest BCUT2D eigenvalue weighted by molar-refractivity contribution is 5.24. The van der Waals surface area contributed by atoms with Gasteiger partial charge in [0, 0.05) is 6.42 Å². The number of rotatable bonds is 12. The Labute approximate surface area is 130 Å². The zero-order chi connectivity index (χ0) is 15.4. The highest BCUT2D eigenvalue weighted by atomic mass is 16.3. The van der Waals surface area contributed by atoms with Crippen molar-refractivity contribution in [2.24, 2.45) is 0 Å². The van der Waals surface area contributed by atoms with Gasteiger partial charge in [-0.15, -0.1) is 0 Å². The lowest BCUT2D eigenvalue weighted by Crippen LogP contribution is -2.56. The van der Waals surface area contributed by atoms with E-state index in [1.807, 2.05) is 6.08 Å². The molecule has 0 aromatic heterocycles. The summed E-state index contributed by atoms with van der Waals surface area (Å²) in [5.74, 6) is 0.379. The van der Waals surface area contributed by atoms with Crippen molar-refractivity contribution in [3.8, 4) is 0 Å². The predicted octanol–water partition coefficient (Wildman–Crippen LogP) is 4.42. The summed E-state index contributed by atoms with van der Waals surface area (Å²) < 4.78 is 0. The summed E-state index contributed by atoms with van der Waals surface area (Å²) in [5, 5.41) is 16.8. The van der Waals surface area contributed by atoms with Gasteiger partial charge < -0.3 is 5.11 Å². The standard InChI is InChI=1S/C18H34N2O/c1-3-5-7-8-9-10-16-20-18(19-15-6-4-2)13-11-17(21)12-14-18/h11-13,19-21H,3-10,14-16H2,1-2H3. The third-order valence-corrected chi connectivity index (χ3v) is 4.11. The fourth-order valence-electron chi connectivity index (χ4n) is 2.66. The van der Waals surface area contributed by atoms with Crippen LogP contribution >= 0.6 is 0 Å². The minimum atomic E-state index is -0.162. The molecule has 0 heterocycles. The van der Waals surface area contributed by atoms with E-state index in [4.69, 9.17) is 0 Å². The molecule has 1 aliphatic rings. The van der Waals surface area contributed by atoms with Gasteiger partial charge in [-0.2, -0.15) is 0 Å². The Morgan fingerprint density at radius 1 is 0.952 bits per heavy atom. The van der Waals surface area contributed by atoms with Gasteiger partial charge in [-0.25, -0.2) is 0 Å². The molecule has 3 nitrogen and oxygen atoms in total. The van der Waals surface area contributed by atoms with E-state index >= 15 is 0 Å². The van der Waals surface area contributed by atoms with Gasteiger partial charge >= 0.3 is 0 Å². The van der Waals surface area contributed by atoms with Gasteiger partial charge in [0.1, 0.15) is 5.76 Å². The molecule has 0 spiro atoms. The molecule has 1 unspecified atom stereocenters. The maximum absolute atomic E-state index is 9.52. The minimum Gasteiger partial charge on any atom is -0.508 e. The second kappa shape index (κ2) is 10.9. The zero-order valence-corrected chi connectivity index (χ0v) is 14.0. The maximum atomic E-state index is 9.52. The molecule has 21 heavy (non-hydrogen) atoms. The van der Waals surface area contributed by atoms with E-state index in [-0.39, 0.29) is 5.66 Å². The van der Waals surface area contributed by atoms with Crippen LogP contribution in [0.5, 0.6) is 0 Å². The summed E-state index contributed by atoms with van der Waals surface area (Å²) in [5.41, 5.74) is -0.162. The maximum Gasteiger partial charge on any atom is 0.111 e. The van der Waals surface area contributed by atoms with Crippen molar-refractivity contribution in [1.29, 1.82) is 0 Å². The Hall–Kier alpha value is -0.800. The zero-order valence-electron chi connectivity index (χ0n) is 14.0. The molecular formula is C18H34N2O. The van der Waals surface area contributed by atoms with E-state index in [1.165, 1.54) is 51.4 Å². The fourth-order valence-corrected chi connectivity index (χ4v) is 2.66. The molecule has 3 heteroatoms. The average molecular weight is 294 g/mol. The van der Waals surface area contributed by atoms with Crippen molar-refractivity contribution >= 4 is 0 Å². The van der Waals surface area contributed by atoms with Crippen molar-refractivity contribution in [3.05, 3.63) is 24.0 Å². The summed E-state index contributed by atoms with van der Waals surface area (Å²) in [6.45, 7) is 6.51. The number of allylic oxidation sites excluding steroid dienone is 1. The van der Waals surface area contributed by atoms with E-state index in [1.54, 1.807) is 6.08 Å². The first-order valence-electron chi connectivity index (χ1n) is 8.81. The topological polar surface area (TPSA) is 44.3 Å². The average Bonchev–Trinajstić information content (AvgIpc) is 2.50. The molecule has 3 N–H and O–H groups in total. The lowest BCUT2D eigenvalue weighted by atomic mass is 9.99. The Morgan fingerprint density at radius 2 is 1.57 bits per heavy atom. The third-order valence-electron chi connectivity index (χ3n) is 4.11. The molecule has 0 radical (unpaired) electrons. The monoisotopic (exact) mass is 294 g/mol. The lowest BCUT2D eigenvalue weighted by Gasteiger charge is -2.34. The molecule has 1 rings (SSSR count). The Morgan fingerprint density at radius 3 is 2.19 bits per heavy atom. The molecule has 1 aliphatic carbocycles. The number of aliphatic hydroxyl groups excluding tert-OH is 1. The molecule has 0 amide bonds. The van der Waals surface area contributed by atoms with Crippen LogP contribution in [0.25, 0.3) is 0 Å². The first-order valence-corrected chi connectivity index (χ1v) is 8.81. The Balaban J connectivity index is 2.28. The summed E-state index contributed by atoms with van der Waals surface area (Å²) in [7, 11) is 0. The lowest BCUT2D eigenvalue weighted by molar-refractivity contribution is 0.308. The Bertz CT molecular complexity index is 325. The molecule has 0 aromatic rings. The van der Waals surface area contributed by atoms with Gasteiger partial charge in [-0.1, -0.05) is 52.4 Å². The van der Waals surface area contributed by atoms with Crippen LogP contribution in [-0.4, -0.2) is 23.9 Å². The smallest absolute Gasteiger partial charge is 0.111 e. The van der Waals surface area contributed by atoms with Crippen molar-refractivity contribution in [3.63, 3.8) is 0 Å². The van der Waals surface area contributed by atoms with Crippen LogP contribution < -0.4 is 10.6 Å². The predicted molar refractivity (Wildman–Crippen MR) is 91.5 cm³/mol. The van der Waals surface area contributed by atoms with Crippen molar-refractivity contribution in [1.82, 2.24) is 10.6 Å². The van der Waals surface area contributed by atoms with Crippen LogP contribution in [0.15, 0.2) is 24.0 Å². The van der Waals surface area contributed by atoms with Gasteiger partial charge in [0.25, 0.3) is 0 Å². The van der Waals surface area contributed by atoms with E-state index in [2.05, 4.69) is 30.6 Å². The molecule has 0 aliphatic heterocycles. The van der Waals surface area contributed by atoms with Gasteiger partial charge in [-0.3, -0.25) is 10.6 Å². The summed E-state index contributed by atoms with van der Waals surface area (Å²) >= 11 is 0. The van der Waals surface area contributed by atoms with Gasteiger partial charge in [-0.05, 0) is 44.2 Å². The minimum absolute atomic E-state index is 0.162. The van der Waals surface area contributed by atoms with E-state index < -0.39 is 0 Å². The SMILES string of the molecule is CCCCCCCCNC1(NCCCC)C=CC(O)=CC1. The summed E-state index contributed by atoms with van der Waals surface area (Å²) in [6.07, 6.45) is 16.9. The van der Waals surface area contributed by atoms with E-state index in [9.17, 15) is 5.11 Å². The quantitative estimate of drug-likeness (QED) is 0.369. The summed E-state index contributed by atoms with van der Waals surface area (Å²) in [4.78, 5) is 0. The highest BCUT2D eigenvalue weighted by Gasteiger charge is 2.26. The number of unbranched alkanes of at least 4 members (excludes halogenated alkanes) is 6. The van der Waals surface area contributed by atoms with Gasteiger partial charge in [0.05, 0.1) is 5.66 Å². The van der Waals surface area contributed by atoms with Crippen LogP contribution in [0.2, 0.25) is 0 Å². The largest absolute Gasteiger partial charge is 0.508 e. The van der Waals surface area contributed by atoms with Gasteiger partial charge in [0.2, 0.25) is 0 Å². The normalized spacial score (nSPS) is 21.5. The van der Waals surface area contributed by atoms with Gasteiger partial charge in [0.15, 0.2) is 0 Å². The Kier molecular flexibility index (Phi) is 9.44. The molecule has 0 aromatic carbocycles. The molecule has 1 atom stereocenters. The molecule has 0 fully saturated rings. The second-order valence-corrected chi connectivity index (χ2v) is 6.11. The van der Waals surface area contributed by atoms with Crippen molar-refractivity contribution < 1.29 is 5.11 Å². The molecular weight excluding hydrogens is 260 g/mol. The van der Waals surface area contributed by atoms with Crippen LogP contribution in [0, 0.1) is 0 Å². The molecule has 0 saturated carbocycles. The highest BCUT2D eigenvalue weighted by Crippen LogP contribution is 2.18. The van der Waals surface area contributed by atoms with E-state index in [0.717, 1.165) is 19.5 Å². The first-order chi connectivity index (χ1) is 10.2. The molecule has 0 saturated heterocycles. The van der Waals surface area contributed by atoms with Crippen LogP contribution in [0.1, 0.15) is 71.6 Å². The van der Waals surface area contributed by atoms with Crippen LogP contribution in [0.3, 0.4) is 0 Å². The van der Waals surface area contributed by atoms with Crippen LogP contribution in [-0.2, 0) is 0 Å². The van der Waals surface area contributed by atoms with Crippen molar-refractivity contribution in [2.75, 3.05) is 13.1 Å². The molecule has 0 bridgehead atoms. The van der Waals surface area contributed by atoms with E-state index in [0.29, 0.717) is 5.76 Å².